The highest BCUT2D eigenvalue weighted by molar-refractivity contribution is 7.86. The summed E-state index contributed by atoms with van der Waals surface area (Å²) in [7, 11) is -8.37. The molecule has 2 aliphatic heterocycles. The molecule has 24 heteroatoms. The van der Waals surface area contributed by atoms with Gasteiger partial charge in [-0.1, -0.05) is 62.4 Å². The molecule has 8 N–H and O–H groups in total. The van der Waals surface area contributed by atoms with Crippen LogP contribution >= 0.6 is 0 Å². The number of fused-ring (bicyclic) bond motifs is 3. The second kappa shape index (κ2) is 24.0. The maximum Gasteiger partial charge on any atom is 0.326 e. The Kier molecular flexibility index (Phi) is 17.7. The minimum Gasteiger partial charge on any atom is -0.480 e. The van der Waals surface area contributed by atoms with Crippen LogP contribution in [-0.4, -0.2) is 122 Å². The first-order chi connectivity index (χ1) is 36.8. The first-order valence-corrected chi connectivity index (χ1v) is 27.9. The molecule has 78 heavy (non-hydrogen) atoms. The predicted octanol–water partition coefficient (Wildman–Crippen LogP) is 5.58. The molecule has 2 aromatic heterocycles. The molecule has 0 spiro atoms. The number of nitrogens with two attached hydrogens (primary N) is 1. The van der Waals surface area contributed by atoms with Crippen molar-refractivity contribution in [3.05, 3.63) is 159 Å². The van der Waals surface area contributed by atoms with Crippen LogP contribution in [-0.2, 0) is 51.9 Å². The fourth-order valence-corrected chi connectivity index (χ4v) is 10.3. The lowest BCUT2D eigenvalue weighted by Crippen LogP contribution is -2.41. The second-order valence-electron chi connectivity index (χ2n) is 19.6. The number of aromatic nitrogens is 4. The molecule has 22 nitrogen and oxygen atoms in total. The highest BCUT2D eigenvalue weighted by atomic mass is 32.2. The molecule has 0 saturated carbocycles. The number of amides is 1. The van der Waals surface area contributed by atoms with Crippen molar-refractivity contribution in [3.63, 3.8) is 0 Å². The Balaban J connectivity index is 0.948. The summed E-state index contributed by atoms with van der Waals surface area (Å²) in [6, 6.07) is 17.5. The summed E-state index contributed by atoms with van der Waals surface area (Å²) in [6.45, 7) is 8.18. The molecule has 0 bridgehead atoms. The van der Waals surface area contributed by atoms with Crippen LogP contribution in [0.25, 0.3) is 11.2 Å². The SMILES string of the molecule is CC1(C)C(/C=C/C=C/C=C/C=C2\N(CCCS(=O)(=O)O)c3ccc(C(=O)COC(=O)CCC(NC(=O)c4ccc(NCc5cnc6nc(N)[nH]c(=O)c6n5)cc4)C(=O)O)cc3C2(C)C)=[N+](CCCS(=O)(=O)O)c2ccccc21. The summed E-state index contributed by atoms with van der Waals surface area (Å²) >= 11 is 0. The third-order valence-corrected chi connectivity index (χ3v) is 14.9. The maximum absolute atomic E-state index is 13.5. The summed E-state index contributed by atoms with van der Waals surface area (Å²) in [5, 5.41) is 15.4. The first kappa shape index (κ1) is 57.5. The Morgan fingerprint density at radius 1 is 0.859 bits per heavy atom. The summed E-state index contributed by atoms with van der Waals surface area (Å²) in [6.07, 6.45) is 14.0. The zero-order valence-corrected chi connectivity index (χ0v) is 44.8. The molecule has 0 fully saturated rings. The Bertz CT molecular complexity index is 3610. The summed E-state index contributed by atoms with van der Waals surface area (Å²) in [5.74, 6) is -4.43. The zero-order valence-electron chi connectivity index (χ0n) is 43.2. The number of esters is 1. The Morgan fingerprint density at radius 2 is 1.54 bits per heavy atom. The number of ketones is 1. The van der Waals surface area contributed by atoms with Crippen LogP contribution < -0.4 is 26.8 Å². The normalized spacial score (nSPS) is 15.8. The third kappa shape index (κ3) is 14.2. The van der Waals surface area contributed by atoms with E-state index in [0.29, 0.717) is 23.6 Å². The van der Waals surface area contributed by atoms with Crippen molar-refractivity contribution in [3.8, 4) is 0 Å². The van der Waals surface area contributed by atoms with E-state index in [9.17, 15) is 55.0 Å². The van der Waals surface area contributed by atoms with E-state index >= 15 is 0 Å². The van der Waals surface area contributed by atoms with Gasteiger partial charge in [-0.25, -0.2) is 14.8 Å². The van der Waals surface area contributed by atoms with Gasteiger partial charge in [-0.05, 0) is 80.8 Å². The average molecular weight is 1110 g/mol. The van der Waals surface area contributed by atoms with Gasteiger partial charge in [0.05, 0.1) is 35.4 Å². The number of carboxylic acid groups (broad SMARTS) is 1. The van der Waals surface area contributed by atoms with E-state index in [1.807, 2.05) is 85.5 Å². The van der Waals surface area contributed by atoms with Crippen LogP contribution in [0.5, 0.6) is 0 Å². The number of carboxylic acids is 1. The number of para-hydroxylation sites is 1. The summed E-state index contributed by atoms with van der Waals surface area (Å²) < 4.78 is 72.5. The Labute approximate surface area is 450 Å². The van der Waals surface area contributed by atoms with Crippen molar-refractivity contribution in [2.24, 2.45) is 0 Å². The van der Waals surface area contributed by atoms with Gasteiger partial charge in [-0.3, -0.25) is 33.3 Å². The van der Waals surface area contributed by atoms with Crippen LogP contribution in [0.3, 0.4) is 0 Å². The number of nitrogens with zero attached hydrogens (tertiary/aromatic N) is 5. The largest absolute Gasteiger partial charge is 0.480 e. The number of anilines is 3. The van der Waals surface area contributed by atoms with E-state index in [4.69, 9.17) is 10.5 Å². The van der Waals surface area contributed by atoms with Crippen LogP contribution in [0.2, 0.25) is 0 Å². The molecule has 0 aliphatic carbocycles. The van der Waals surface area contributed by atoms with Gasteiger partial charge in [-0.2, -0.15) is 26.4 Å². The van der Waals surface area contributed by atoms with Crippen LogP contribution in [0, 0.1) is 0 Å². The van der Waals surface area contributed by atoms with Gasteiger partial charge in [0.2, 0.25) is 11.6 Å². The standard InChI is InChI=1S/C54H59N9O13S2/c1-53(2)38-14-10-11-15-41(38)62(26-12-28-77(70,71)72)44(53)16-8-6-5-7-9-17-45-54(3,4)39-30-35(20-24-42(39)63(45)27-13-29-78(73,74)75)43(64)33-76-46(65)25-23-40(51(68)69)59-49(66)34-18-21-36(22-19-34)56-31-37-32-57-48-47(58-37)50(67)61-52(55)60-48/h5-11,14-22,24,30,32,40H,12-13,23,25-29,31,33H2,1-4H3,(H7-,55,56,57,59,60,61,66,67,68,69,70,71,72,73,74,75)/p+1. The van der Waals surface area contributed by atoms with Crippen molar-refractivity contribution in [1.82, 2.24) is 25.3 Å². The Hall–Kier alpha value is -8.19. The molecule has 4 heterocycles. The van der Waals surface area contributed by atoms with Crippen molar-refractivity contribution < 1.29 is 59.5 Å². The van der Waals surface area contributed by atoms with E-state index < -0.39 is 79.7 Å². The van der Waals surface area contributed by atoms with Crippen molar-refractivity contribution in [1.29, 1.82) is 0 Å². The number of carbonyl (C=O) groups excluding carboxylic acids is 3. The van der Waals surface area contributed by atoms with E-state index in [0.717, 1.165) is 28.2 Å². The lowest BCUT2D eigenvalue weighted by molar-refractivity contribution is -0.437. The maximum atomic E-state index is 13.5. The fraction of sp³-hybridized carbons (Fsp3) is 0.315. The number of ether oxygens (including phenoxy) is 1. The van der Waals surface area contributed by atoms with Gasteiger partial charge in [0.1, 0.15) is 12.6 Å². The summed E-state index contributed by atoms with van der Waals surface area (Å²) in [5.41, 5.74) is 10.6. The number of Topliss-reactive ketones (excluding diaryl/α,β-unsaturated/α-hetero) is 1. The highest BCUT2D eigenvalue weighted by Gasteiger charge is 2.44. The second-order valence-corrected chi connectivity index (χ2v) is 22.7. The van der Waals surface area contributed by atoms with Gasteiger partial charge in [-0.15, -0.1) is 0 Å². The minimum absolute atomic E-state index is 0.0168. The minimum atomic E-state index is -4.25. The summed E-state index contributed by atoms with van der Waals surface area (Å²) in [4.78, 5) is 80.3. The number of aromatic amines is 1. The number of nitrogens with one attached hydrogen (secondary N) is 3. The van der Waals surface area contributed by atoms with Crippen molar-refractivity contribution >= 4 is 83.8 Å². The van der Waals surface area contributed by atoms with E-state index in [-0.39, 0.29) is 71.8 Å². The predicted molar refractivity (Wildman–Crippen MR) is 293 cm³/mol. The number of nitrogen functional groups attached to an aromatic ring is 1. The lowest BCUT2D eigenvalue weighted by Gasteiger charge is -2.27. The van der Waals surface area contributed by atoms with Gasteiger partial charge in [0, 0.05) is 70.7 Å². The van der Waals surface area contributed by atoms with Gasteiger partial charge in [0.25, 0.3) is 31.7 Å². The zero-order chi connectivity index (χ0) is 56.6. The topological polar surface area (TPSA) is 334 Å². The van der Waals surface area contributed by atoms with Gasteiger partial charge >= 0.3 is 11.9 Å². The quantitative estimate of drug-likeness (QED) is 0.0130. The molecule has 0 saturated heterocycles. The Morgan fingerprint density at radius 3 is 2.26 bits per heavy atom. The van der Waals surface area contributed by atoms with Crippen LogP contribution in [0.4, 0.5) is 23.0 Å². The van der Waals surface area contributed by atoms with Crippen molar-refractivity contribution in [2.75, 3.05) is 47.2 Å². The number of hydrogen-bond acceptors (Lipinski definition) is 16. The molecule has 2 aliphatic rings. The fourth-order valence-electron chi connectivity index (χ4n) is 9.32. The molecule has 3 aromatic carbocycles. The van der Waals surface area contributed by atoms with Crippen molar-refractivity contribution in [2.45, 2.75) is 76.8 Å². The third-order valence-electron chi connectivity index (χ3n) is 13.2. The van der Waals surface area contributed by atoms with Gasteiger partial charge < -0.3 is 31.1 Å². The number of aliphatic carboxylic acids is 1. The molecule has 5 aromatic rings. The lowest BCUT2D eigenvalue weighted by atomic mass is 9.81. The molecule has 1 amide bonds. The molecule has 1 atom stereocenters. The highest BCUT2D eigenvalue weighted by Crippen LogP contribution is 2.48. The first-order valence-electron chi connectivity index (χ1n) is 24.7. The number of H-pyrrole nitrogens is 1. The molecule has 0 radical (unpaired) electrons. The van der Waals surface area contributed by atoms with Gasteiger partial charge in [0.15, 0.2) is 29.3 Å². The van der Waals surface area contributed by atoms with E-state index in [2.05, 4.69) is 49.0 Å². The molecular formula is C54H60N9O13S2+. The number of allylic oxidation sites excluding steroid dienone is 8. The molecule has 410 valence electrons. The number of hydrogen-bond donors (Lipinski definition) is 7. The smallest absolute Gasteiger partial charge is 0.326 e. The van der Waals surface area contributed by atoms with E-state index in [1.54, 1.807) is 30.3 Å². The number of rotatable bonds is 24. The molecule has 1 unspecified atom stereocenters. The van der Waals surface area contributed by atoms with Crippen LogP contribution in [0.1, 0.15) is 90.9 Å². The monoisotopic (exact) mass is 1110 g/mol. The number of carbonyl (C=O) groups is 4. The van der Waals surface area contributed by atoms with Crippen LogP contribution in [0.15, 0.2) is 126 Å². The number of benzene rings is 3. The molecular weight excluding hydrogens is 1050 g/mol. The molecule has 7 rings (SSSR count). The van der Waals surface area contributed by atoms with E-state index in [1.165, 1.54) is 18.3 Å². The average Bonchev–Trinajstić information content (AvgIpc) is 3.92.